The number of carbonyl (C=O) groups is 3. The molecule has 0 aliphatic rings. The van der Waals surface area contributed by atoms with Gasteiger partial charge in [0.25, 0.3) is 5.56 Å². The minimum atomic E-state index is -1.11. The Balaban J connectivity index is 1.79. The highest BCUT2D eigenvalue weighted by atomic mass is 16.5. The Bertz CT molecular complexity index is 1390. The highest BCUT2D eigenvalue weighted by Gasteiger charge is 2.26. The maximum Gasteiger partial charge on any atom is 0.374 e. The highest BCUT2D eigenvalue weighted by Crippen LogP contribution is 2.16. The molecule has 0 atom stereocenters. The second-order valence-corrected chi connectivity index (χ2v) is 7.36. The average Bonchev–Trinajstić information content (AvgIpc) is 3.20. The molecular weight excluding hydrogens is 424 g/mol. The summed E-state index contributed by atoms with van der Waals surface area (Å²) in [5.74, 6) is -2.92. The lowest BCUT2D eigenvalue weighted by Gasteiger charge is -2.09. The first kappa shape index (κ1) is 21.8. The lowest BCUT2D eigenvalue weighted by Crippen LogP contribution is -2.21. The number of carbonyl (C=O) groups excluding carboxylic acids is 3. The van der Waals surface area contributed by atoms with Gasteiger partial charge in [-0.05, 0) is 11.1 Å². The summed E-state index contributed by atoms with van der Waals surface area (Å²) in [6.07, 6.45) is 0.692. The van der Waals surface area contributed by atoms with Gasteiger partial charge < -0.3 is 9.30 Å². The van der Waals surface area contributed by atoms with Crippen molar-refractivity contribution in [1.82, 2.24) is 19.1 Å². The molecule has 9 heteroatoms. The minimum absolute atomic E-state index is 0.0122. The predicted octanol–water partition coefficient (Wildman–Crippen LogP) is 2.00. The van der Waals surface area contributed by atoms with E-state index < -0.39 is 29.5 Å². The Morgan fingerprint density at radius 3 is 2.12 bits per heavy atom. The number of fused-ring (bicyclic) bond motifs is 1. The number of ketones is 2. The van der Waals surface area contributed by atoms with E-state index in [1.54, 1.807) is 0 Å². The van der Waals surface area contributed by atoms with Gasteiger partial charge in [0, 0.05) is 0 Å². The summed E-state index contributed by atoms with van der Waals surface area (Å²) >= 11 is 0. The molecule has 0 radical (unpaired) electrons. The van der Waals surface area contributed by atoms with Gasteiger partial charge in [0.2, 0.25) is 11.6 Å². The molecular formula is C24H20N4O5. The first-order chi connectivity index (χ1) is 16.0. The number of aromatic nitrogens is 4. The third-order valence-corrected chi connectivity index (χ3v) is 5.09. The molecule has 2 aromatic heterocycles. The third-order valence-electron chi connectivity index (χ3n) is 5.09. The van der Waals surface area contributed by atoms with Crippen LogP contribution in [0.5, 0.6) is 0 Å². The summed E-state index contributed by atoms with van der Waals surface area (Å²) < 4.78 is 7.29. The van der Waals surface area contributed by atoms with Gasteiger partial charge in [0.05, 0.1) is 26.6 Å². The molecule has 166 valence electrons. The van der Waals surface area contributed by atoms with Gasteiger partial charge in [-0.3, -0.25) is 19.0 Å². The van der Waals surface area contributed by atoms with E-state index in [0.717, 1.165) is 18.2 Å². The number of rotatable bonds is 8. The van der Waals surface area contributed by atoms with Crippen molar-refractivity contribution in [3.63, 3.8) is 0 Å². The zero-order chi connectivity index (χ0) is 23.4. The monoisotopic (exact) mass is 444 g/mol. The van der Waals surface area contributed by atoms with Gasteiger partial charge in [-0.2, -0.15) is 0 Å². The minimum Gasteiger partial charge on any atom is -0.463 e. The lowest BCUT2D eigenvalue weighted by molar-refractivity contribution is -0.151. The maximum absolute atomic E-state index is 13.1. The van der Waals surface area contributed by atoms with E-state index in [-0.39, 0.29) is 30.1 Å². The summed E-state index contributed by atoms with van der Waals surface area (Å²) in [5, 5.41) is 0. The number of imidazole rings is 1. The Kier molecular flexibility index (Phi) is 6.21. The molecule has 2 aromatic carbocycles. The molecule has 9 nitrogen and oxygen atoms in total. The van der Waals surface area contributed by atoms with Crippen molar-refractivity contribution in [2.75, 3.05) is 7.11 Å². The second-order valence-electron chi connectivity index (χ2n) is 7.36. The van der Waals surface area contributed by atoms with Crippen LogP contribution in [-0.2, 0) is 27.4 Å². The summed E-state index contributed by atoms with van der Waals surface area (Å²) in [6, 6.07) is 18.7. The molecule has 0 fully saturated rings. The van der Waals surface area contributed by atoms with Crippen LogP contribution in [0, 0.1) is 0 Å². The number of Topliss-reactive ketones (excluding diaryl/α,β-unsaturated/α-hetero) is 2. The van der Waals surface area contributed by atoms with Gasteiger partial charge in [-0.15, -0.1) is 0 Å². The molecule has 0 saturated heterocycles. The molecule has 0 spiro atoms. The zero-order valence-electron chi connectivity index (χ0n) is 17.8. The van der Waals surface area contributed by atoms with Crippen molar-refractivity contribution in [1.29, 1.82) is 0 Å². The maximum atomic E-state index is 13.1. The Hall–Kier alpha value is -4.40. The molecule has 0 unspecified atom stereocenters. The number of benzene rings is 2. The van der Waals surface area contributed by atoms with Crippen LogP contribution in [-0.4, -0.2) is 43.7 Å². The summed E-state index contributed by atoms with van der Waals surface area (Å²) in [4.78, 5) is 58.1. The van der Waals surface area contributed by atoms with Crippen molar-refractivity contribution < 1.29 is 19.1 Å². The van der Waals surface area contributed by atoms with Crippen molar-refractivity contribution in [2.24, 2.45) is 0 Å². The smallest absolute Gasteiger partial charge is 0.374 e. The molecule has 4 rings (SSSR count). The molecule has 2 heterocycles. The molecule has 0 amide bonds. The van der Waals surface area contributed by atoms with E-state index in [1.807, 2.05) is 60.7 Å². The van der Waals surface area contributed by atoms with Crippen LogP contribution in [0.2, 0.25) is 0 Å². The molecule has 0 saturated carbocycles. The SMILES string of the molecule is COC(=O)C(=O)CC(=O)c1nc2c(=O)n(Cc3ccccc3)cnc2n1Cc1ccccc1. The van der Waals surface area contributed by atoms with Gasteiger partial charge in [0.15, 0.2) is 17.0 Å². The molecule has 0 N–H and O–H groups in total. The van der Waals surface area contributed by atoms with Gasteiger partial charge in [-0.1, -0.05) is 60.7 Å². The number of nitrogens with zero attached hydrogens (tertiary/aromatic N) is 4. The van der Waals surface area contributed by atoms with Crippen LogP contribution in [0.15, 0.2) is 71.8 Å². The van der Waals surface area contributed by atoms with E-state index in [9.17, 15) is 19.2 Å². The average molecular weight is 444 g/mol. The van der Waals surface area contributed by atoms with Gasteiger partial charge in [-0.25, -0.2) is 14.8 Å². The fraction of sp³-hybridized carbons (Fsp3) is 0.167. The fourth-order valence-corrected chi connectivity index (χ4v) is 3.46. The van der Waals surface area contributed by atoms with Crippen molar-refractivity contribution >= 4 is 28.7 Å². The Morgan fingerprint density at radius 2 is 1.52 bits per heavy atom. The third kappa shape index (κ3) is 4.62. The number of esters is 1. The number of hydrogen-bond acceptors (Lipinski definition) is 7. The van der Waals surface area contributed by atoms with E-state index in [0.29, 0.717) is 0 Å². The van der Waals surface area contributed by atoms with Gasteiger partial charge in [0.1, 0.15) is 6.33 Å². The van der Waals surface area contributed by atoms with E-state index in [2.05, 4.69) is 14.7 Å². The van der Waals surface area contributed by atoms with Crippen LogP contribution in [0.3, 0.4) is 0 Å². The molecule has 4 aromatic rings. The topological polar surface area (TPSA) is 113 Å². The molecule has 0 aliphatic heterocycles. The summed E-state index contributed by atoms with van der Waals surface area (Å²) in [5.41, 5.74) is 1.58. The predicted molar refractivity (Wildman–Crippen MR) is 119 cm³/mol. The van der Waals surface area contributed by atoms with Crippen molar-refractivity contribution in [2.45, 2.75) is 19.5 Å². The fourth-order valence-electron chi connectivity index (χ4n) is 3.46. The van der Waals surface area contributed by atoms with Crippen LogP contribution in [0.1, 0.15) is 28.2 Å². The van der Waals surface area contributed by atoms with Crippen molar-refractivity contribution in [3.05, 3.63) is 94.3 Å². The van der Waals surface area contributed by atoms with Crippen LogP contribution < -0.4 is 5.56 Å². The van der Waals surface area contributed by atoms with E-state index >= 15 is 0 Å². The summed E-state index contributed by atoms with van der Waals surface area (Å²) in [6.45, 7) is 0.498. The number of ether oxygens (including phenoxy) is 1. The molecule has 0 bridgehead atoms. The van der Waals surface area contributed by atoms with Crippen LogP contribution >= 0.6 is 0 Å². The normalized spacial score (nSPS) is 10.8. The highest BCUT2D eigenvalue weighted by molar-refractivity contribution is 6.37. The van der Waals surface area contributed by atoms with Gasteiger partial charge >= 0.3 is 5.97 Å². The number of hydrogen-bond donors (Lipinski definition) is 0. The zero-order valence-corrected chi connectivity index (χ0v) is 17.8. The number of methoxy groups -OCH3 is 1. The van der Waals surface area contributed by atoms with Crippen LogP contribution in [0.4, 0.5) is 0 Å². The van der Waals surface area contributed by atoms with E-state index in [4.69, 9.17) is 0 Å². The molecule has 33 heavy (non-hydrogen) atoms. The summed E-state index contributed by atoms with van der Waals surface area (Å²) in [7, 11) is 1.06. The second kappa shape index (κ2) is 9.39. The standard InChI is InChI=1S/C24H20N4O5/c1-33-24(32)19(30)12-18(29)21-26-20-22(28(21)14-17-10-6-3-7-11-17)25-15-27(23(20)31)13-16-8-4-2-5-9-16/h2-11,15H,12-14H2,1H3. The first-order valence-corrected chi connectivity index (χ1v) is 10.2. The molecule has 0 aliphatic carbocycles. The lowest BCUT2D eigenvalue weighted by atomic mass is 10.2. The first-order valence-electron chi connectivity index (χ1n) is 10.2. The Morgan fingerprint density at radius 1 is 0.909 bits per heavy atom. The quantitative estimate of drug-likeness (QED) is 0.177. The van der Waals surface area contributed by atoms with Crippen molar-refractivity contribution in [3.8, 4) is 0 Å². The van der Waals surface area contributed by atoms with E-state index in [1.165, 1.54) is 15.5 Å². The largest absolute Gasteiger partial charge is 0.463 e. The Labute approximate surface area is 188 Å². The van der Waals surface area contributed by atoms with Crippen LogP contribution in [0.25, 0.3) is 11.2 Å².